The smallest absolute Gasteiger partial charge is 0.365 e. The Hall–Kier alpha value is -5.12. The van der Waals surface area contributed by atoms with E-state index in [1.165, 1.54) is 16.8 Å². The first kappa shape index (κ1) is 28.0. The van der Waals surface area contributed by atoms with Crippen molar-refractivity contribution in [3.05, 3.63) is 64.4 Å². The standard InChI is InChI=1S/C27H23F3N10O2S/c1-5-39-13(3)15(10-34-39)14-8-19(27(28,29)30)35-26-21(14)22(23(43-26)24(31)41)36-25(42)17-9-20-32-7-6-18(40(20)37-17)16-11-33-38(4)12(16)2/h6-11H,5H2,1-4H3,(H2,31,41)(H,36,42). The highest BCUT2D eigenvalue weighted by Gasteiger charge is 2.35. The molecular formula is C27H23F3N10O2S. The zero-order valence-corrected chi connectivity index (χ0v) is 24.0. The minimum Gasteiger partial charge on any atom is -0.365 e. The summed E-state index contributed by atoms with van der Waals surface area (Å²) < 4.78 is 46.5. The Bertz CT molecular complexity index is 2090. The van der Waals surface area contributed by atoms with Crippen LogP contribution in [0.25, 0.3) is 38.2 Å². The lowest BCUT2D eigenvalue weighted by Gasteiger charge is -2.12. The van der Waals surface area contributed by atoms with Gasteiger partial charge in [0.25, 0.3) is 11.8 Å². The van der Waals surface area contributed by atoms with Crippen molar-refractivity contribution in [2.75, 3.05) is 5.32 Å². The lowest BCUT2D eigenvalue weighted by Crippen LogP contribution is -2.17. The zero-order chi connectivity index (χ0) is 30.8. The third-order valence-electron chi connectivity index (χ3n) is 7.21. The van der Waals surface area contributed by atoms with Crippen molar-refractivity contribution in [2.24, 2.45) is 12.8 Å². The van der Waals surface area contributed by atoms with Gasteiger partial charge >= 0.3 is 6.18 Å². The van der Waals surface area contributed by atoms with Crippen LogP contribution in [0.3, 0.4) is 0 Å². The second-order valence-corrected chi connectivity index (χ2v) is 10.7. The van der Waals surface area contributed by atoms with E-state index in [1.807, 2.05) is 13.8 Å². The number of nitrogens with two attached hydrogens (primary N) is 1. The minimum absolute atomic E-state index is 0.0485. The molecule has 6 rings (SSSR count). The number of halogens is 3. The van der Waals surface area contributed by atoms with E-state index < -0.39 is 23.7 Å². The molecule has 0 unspecified atom stereocenters. The predicted molar refractivity (Wildman–Crippen MR) is 153 cm³/mol. The molecule has 0 fully saturated rings. The van der Waals surface area contributed by atoms with E-state index in [0.717, 1.165) is 17.3 Å². The number of hydrogen-bond donors (Lipinski definition) is 2. The normalized spacial score (nSPS) is 12.0. The second kappa shape index (κ2) is 10.0. The van der Waals surface area contributed by atoms with Gasteiger partial charge in [0.2, 0.25) is 0 Å². The maximum absolute atomic E-state index is 13.9. The summed E-state index contributed by atoms with van der Waals surface area (Å²) in [5, 5.41) is 15.8. The van der Waals surface area contributed by atoms with Gasteiger partial charge in [-0.1, -0.05) is 0 Å². The van der Waals surface area contributed by atoms with E-state index >= 15 is 0 Å². The van der Waals surface area contributed by atoms with E-state index in [-0.39, 0.29) is 32.0 Å². The van der Waals surface area contributed by atoms with Gasteiger partial charge in [0, 0.05) is 53.8 Å². The topological polar surface area (TPSA) is 151 Å². The van der Waals surface area contributed by atoms with Crippen LogP contribution < -0.4 is 11.1 Å². The number of primary amides is 1. The largest absolute Gasteiger partial charge is 0.433 e. The number of carbonyl (C=O) groups is 2. The SMILES string of the molecule is CCn1ncc(-c2cc(C(F)(F)F)nc3sc(C(N)=O)c(NC(=O)c4cc5nccc(-c6cnn(C)c6C)n5n4)c23)c1C. The number of pyridine rings is 1. The zero-order valence-electron chi connectivity index (χ0n) is 23.2. The molecule has 0 aliphatic heterocycles. The molecule has 0 saturated heterocycles. The van der Waals surface area contributed by atoms with Crippen molar-refractivity contribution in [1.82, 2.24) is 39.1 Å². The van der Waals surface area contributed by atoms with Crippen LogP contribution in [-0.2, 0) is 19.8 Å². The van der Waals surface area contributed by atoms with Crippen LogP contribution in [0, 0.1) is 13.8 Å². The van der Waals surface area contributed by atoms with Gasteiger partial charge in [-0.15, -0.1) is 11.3 Å². The first-order chi connectivity index (χ1) is 20.4. The van der Waals surface area contributed by atoms with E-state index in [0.29, 0.717) is 40.5 Å². The van der Waals surface area contributed by atoms with Crippen molar-refractivity contribution in [1.29, 1.82) is 0 Å². The number of carbonyl (C=O) groups excluding carboxylic acids is 2. The fourth-order valence-electron chi connectivity index (χ4n) is 4.92. The summed E-state index contributed by atoms with van der Waals surface area (Å²) in [7, 11) is 1.80. The number of amides is 2. The highest BCUT2D eigenvalue weighted by Crippen LogP contribution is 2.44. The first-order valence-electron chi connectivity index (χ1n) is 12.9. The number of nitrogens with zero attached hydrogens (tertiary/aromatic N) is 8. The minimum atomic E-state index is -4.77. The van der Waals surface area contributed by atoms with Gasteiger partial charge in [-0.25, -0.2) is 14.5 Å². The molecule has 220 valence electrons. The average Bonchev–Trinajstić information content (AvgIpc) is 3.72. The molecule has 12 nitrogen and oxygen atoms in total. The fourth-order valence-corrected chi connectivity index (χ4v) is 5.92. The Morgan fingerprint density at radius 1 is 1.07 bits per heavy atom. The molecule has 0 spiro atoms. The number of thiophene rings is 1. The number of aryl methyl sites for hydroxylation is 2. The second-order valence-electron chi connectivity index (χ2n) is 9.71. The molecule has 0 bridgehead atoms. The maximum atomic E-state index is 13.9. The van der Waals surface area contributed by atoms with Gasteiger partial charge in [-0.3, -0.25) is 19.0 Å². The summed E-state index contributed by atoms with van der Waals surface area (Å²) in [5.74, 6) is -1.67. The molecular weight excluding hydrogens is 585 g/mol. The van der Waals surface area contributed by atoms with Gasteiger partial charge in [0.1, 0.15) is 15.4 Å². The lowest BCUT2D eigenvalue weighted by molar-refractivity contribution is -0.140. The molecule has 3 N–H and O–H groups in total. The molecule has 16 heteroatoms. The van der Waals surface area contributed by atoms with Crippen LogP contribution in [0.2, 0.25) is 0 Å². The molecule has 0 aliphatic carbocycles. The summed E-state index contributed by atoms with van der Waals surface area (Å²) in [6.07, 6.45) is -0.0793. The highest BCUT2D eigenvalue weighted by molar-refractivity contribution is 7.21. The lowest BCUT2D eigenvalue weighted by atomic mass is 10.0. The van der Waals surface area contributed by atoms with Gasteiger partial charge in [-0.05, 0) is 38.5 Å². The maximum Gasteiger partial charge on any atom is 0.433 e. The molecule has 6 heterocycles. The number of rotatable bonds is 6. The van der Waals surface area contributed by atoms with Crippen LogP contribution >= 0.6 is 11.3 Å². The van der Waals surface area contributed by atoms with Crippen molar-refractivity contribution >= 4 is 44.7 Å². The number of anilines is 1. The molecule has 43 heavy (non-hydrogen) atoms. The Labute approximate surface area is 245 Å². The van der Waals surface area contributed by atoms with E-state index in [9.17, 15) is 22.8 Å². The first-order valence-corrected chi connectivity index (χ1v) is 13.7. The number of fused-ring (bicyclic) bond motifs is 2. The monoisotopic (exact) mass is 608 g/mol. The number of hydrogen-bond acceptors (Lipinski definition) is 8. The molecule has 0 saturated carbocycles. The van der Waals surface area contributed by atoms with E-state index in [2.05, 4.69) is 30.6 Å². The summed E-state index contributed by atoms with van der Waals surface area (Å²) in [6.45, 7) is 5.93. The molecule has 6 aromatic heterocycles. The highest BCUT2D eigenvalue weighted by atomic mass is 32.1. The molecule has 2 amide bonds. The summed E-state index contributed by atoms with van der Waals surface area (Å²) in [5.41, 5.74) is 8.11. The van der Waals surface area contributed by atoms with Crippen LogP contribution in [0.15, 0.2) is 36.8 Å². The molecule has 0 atom stereocenters. The number of alkyl halides is 3. The van der Waals surface area contributed by atoms with Crippen molar-refractivity contribution in [3.63, 3.8) is 0 Å². The fraction of sp³-hybridized carbons (Fsp3) is 0.222. The van der Waals surface area contributed by atoms with Gasteiger partial charge in [0.05, 0.1) is 23.8 Å². The summed E-state index contributed by atoms with van der Waals surface area (Å²) in [4.78, 5) is 33.9. The Morgan fingerprint density at radius 3 is 2.44 bits per heavy atom. The van der Waals surface area contributed by atoms with Gasteiger partial charge < -0.3 is 11.1 Å². The Morgan fingerprint density at radius 2 is 1.81 bits per heavy atom. The van der Waals surface area contributed by atoms with Crippen LogP contribution in [-0.4, -0.2) is 51.0 Å². The van der Waals surface area contributed by atoms with Crippen molar-refractivity contribution in [3.8, 4) is 22.4 Å². The predicted octanol–water partition coefficient (Wildman–Crippen LogP) is 4.61. The van der Waals surface area contributed by atoms with Gasteiger partial charge in [-0.2, -0.15) is 28.5 Å². The Kier molecular flexibility index (Phi) is 6.52. The molecule has 0 aliphatic rings. The van der Waals surface area contributed by atoms with Crippen LogP contribution in [0.5, 0.6) is 0 Å². The summed E-state index contributed by atoms with van der Waals surface area (Å²) in [6, 6.07) is 4.08. The van der Waals surface area contributed by atoms with Crippen molar-refractivity contribution in [2.45, 2.75) is 33.5 Å². The third-order valence-corrected chi connectivity index (χ3v) is 8.31. The number of aromatic nitrogens is 8. The van der Waals surface area contributed by atoms with Crippen LogP contribution in [0.4, 0.5) is 18.9 Å². The van der Waals surface area contributed by atoms with E-state index in [1.54, 1.807) is 41.8 Å². The quantitative estimate of drug-likeness (QED) is 0.280. The van der Waals surface area contributed by atoms with E-state index in [4.69, 9.17) is 5.73 Å². The molecule has 0 radical (unpaired) electrons. The molecule has 0 aromatic carbocycles. The molecule has 6 aromatic rings. The third kappa shape index (κ3) is 4.59. The average molecular weight is 609 g/mol. The Balaban J connectivity index is 1.51. The van der Waals surface area contributed by atoms with Gasteiger partial charge in [0.15, 0.2) is 11.3 Å². The number of nitrogens with one attached hydrogen (secondary N) is 1. The van der Waals surface area contributed by atoms with Crippen LogP contribution in [0.1, 0.15) is 44.2 Å². The van der Waals surface area contributed by atoms with Crippen molar-refractivity contribution < 1.29 is 22.8 Å². The summed E-state index contributed by atoms with van der Waals surface area (Å²) >= 11 is 0.661.